The van der Waals surface area contributed by atoms with Crippen molar-refractivity contribution in [3.05, 3.63) is 100 Å². The van der Waals surface area contributed by atoms with Crippen molar-refractivity contribution in [2.45, 2.75) is 44.1 Å². The highest BCUT2D eigenvalue weighted by molar-refractivity contribution is 6.30. The molecule has 1 saturated heterocycles. The molecule has 3 nitrogen and oxygen atoms in total. The number of likely N-dealkylation sites (tertiary alicyclic amines) is 1. The van der Waals surface area contributed by atoms with Gasteiger partial charge < -0.3 is 9.80 Å². The van der Waals surface area contributed by atoms with Crippen molar-refractivity contribution in [3.8, 4) is 0 Å². The van der Waals surface area contributed by atoms with Crippen molar-refractivity contribution in [2.24, 2.45) is 0 Å². The van der Waals surface area contributed by atoms with Crippen LogP contribution in [0.25, 0.3) is 0 Å². The Bertz CT molecular complexity index is 1210. The molecule has 182 valence electrons. The Morgan fingerprint density at radius 1 is 1.09 bits per heavy atom. The van der Waals surface area contributed by atoms with Gasteiger partial charge in [-0.15, -0.1) is 0 Å². The molecule has 2 aromatic carbocycles. The van der Waals surface area contributed by atoms with Crippen LogP contribution in [0, 0.1) is 11.6 Å². The van der Waals surface area contributed by atoms with Gasteiger partial charge in [0, 0.05) is 28.7 Å². The highest BCUT2D eigenvalue weighted by atomic mass is 35.5. The van der Waals surface area contributed by atoms with Crippen LogP contribution in [0.1, 0.15) is 48.5 Å². The summed E-state index contributed by atoms with van der Waals surface area (Å²) in [6.07, 6.45) is 14.3. The van der Waals surface area contributed by atoms with Crippen LogP contribution in [0.3, 0.4) is 0 Å². The second kappa shape index (κ2) is 9.71. The predicted octanol–water partition coefficient (Wildman–Crippen LogP) is 6.83. The Balaban J connectivity index is 1.37. The molecular weight excluding hydrogens is 466 g/mol. The number of carbonyl (C=O) groups is 1. The van der Waals surface area contributed by atoms with E-state index in [1.807, 2.05) is 6.07 Å². The molecule has 6 heteroatoms. The Morgan fingerprint density at radius 2 is 1.83 bits per heavy atom. The number of rotatable bonds is 4. The van der Waals surface area contributed by atoms with Gasteiger partial charge in [-0.25, -0.2) is 8.78 Å². The summed E-state index contributed by atoms with van der Waals surface area (Å²) in [6, 6.07) is 9.39. The molecule has 1 aliphatic carbocycles. The Morgan fingerprint density at radius 3 is 2.57 bits per heavy atom. The molecule has 0 bridgehead atoms. The minimum Gasteiger partial charge on any atom is -0.307 e. The molecule has 5 rings (SSSR count). The molecule has 1 amide bonds. The Kier molecular flexibility index (Phi) is 6.65. The van der Waals surface area contributed by atoms with Gasteiger partial charge in [0.25, 0.3) is 5.91 Å². The van der Waals surface area contributed by atoms with Crippen LogP contribution in [-0.2, 0) is 5.41 Å². The summed E-state index contributed by atoms with van der Waals surface area (Å²) in [5.74, 6) is -2.32. The lowest BCUT2D eigenvalue weighted by Gasteiger charge is -2.42. The van der Waals surface area contributed by atoms with E-state index >= 15 is 0 Å². The lowest BCUT2D eigenvalue weighted by Crippen LogP contribution is -2.48. The molecule has 1 fully saturated rings. The molecule has 1 atom stereocenters. The summed E-state index contributed by atoms with van der Waals surface area (Å²) in [6.45, 7) is 4.45. The number of carbonyl (C=O) groups excluding carboxylic acids is 1. The number of hydrogen-bond acceptors (Lipinski definition) is 2. The van der Waals surface area contributed by atoms with Gasteiger partial charge in [0.1, 0.15) is 17.2 Å². The van der Waals surface area contributed by atoms with E-state index in [1.54, 1.807) is 17.0 Å². The summed E-state index contributed by atoms with van der Waals surface area (Å²) in [7, 11) is 0. The minimum absolute atomic E-state index is 0.277. The SMILES string of the molecule is CC(CC1=CC=CC=CC1)N1CCC2(CC1)CN(C(=O)c1c(F)cccc1F)c1ccc(Cl)cc12. The highest BCUT2D eigenvalue weighted by Gasteiger charge is 2.47. The predicted molar refractivity (Wildman–Crippen MR) is 137 cm³/mol. The number of nitrogens with zero attached hydrogens (tertiary/aromatic N) is 2. The van der Waals surface area contributed by atoms with Crippen molar-refractivity contribution in [1.29, 1.82) is 0 Å². The molecule has 0 saturated carbocycles. The maximum Gasteiger partial charge on any atom is 0.264 e. The first-order chi connectivity index (χ1) is 16.9. The molecule has 0 radical (unpaired) electrons. The number of allylic oxidation sites excluding steroid dienone is 5. The fourth-order valence-corrected chi connectivity index (χ4v) is 5.93. The average Bonchev–Trinajstić information content (AvgIpc) is 2.97. The van der Waals surface area contributed by atoms with E-state index < -0.39 is 23.1 Å². The van der Waals surface area contributed by atoms with Crippen molar-refractivity contribution >= 4 is 23.2 Å². The number of benzene rings is 2. The Labute approximate surface area is 210 Å². The topological polar surface area (TPSA) is 23.6 Å². The summed E-state index contributed by atoms with van der Waals surface area (Å²) in [5, 5.41) is 0.603. The Hall–Kier alpha value is -2.76. The van der Waals surface area contributed by atoms with Crippen molar-refractivity contribution in [2.75, 3.05) is 24.5 Å². The van der Waals surface area contributed by atoms with E-state index in [1.165, 1.54) is 11.6 Å². The summed E-state index contributed by atoms with van der Waals surface area (Å²) in [5.41, 5.74) is 2.34. The monoisotopic (exact) mass is 494 g/mol. The first-order valence-corrected chi connectivity index (χ1v) is 12.6. The number of fused-ring (bicyclic) bond motifs is 2. The molecule has 1 unspecified atom stereocenters. The van der Waals surface area contributed by atoms with E-state index in [4.69, 9.17) is 11.6 Å². The molecule has 1 spiro atoms. The van der Waals surface area contributed by atoms with Crippen molar-refractivity contribution in [3.63, 3.8) is 0 Å². The quantitative estimate of drug-likeness (QED) is 0.465. The van der Waals surface area contributed by atoms with E-state index in [0.29, 0.717) is 23.3 Å². The highest BCUT2D eigenvalue weighted by Crippen LogP contribution is 2.48. The first-order valence-electron chi connectivity index (χ1n) is 12.2. The summed E-state index contributed by atoms with van der Waals surface area (Å²) >= 11 is 6.37. The van der Waals surface area contributed by atoms with E-state index in [-0.39, 0.29) is 5.41 Å². The number of amides is 1. The molecule has 3 aliphatic rings. The number of anilines is 1. The van der Waals surface area contributed by atoms with Gasteiger partial charge in [-0.1, -0.05) is 53.6 Å². The van der Waals surface area contributed by atoms with Crippen molar-refractivity contribution in [1.82, 2.24) is 4.90 Å². The normalized spacial score (nSPS) is 20.0. The standard InChI is InChI=1S/C29H29ClF2N2O/c1-20(17-21-7-4-2-3-5-8-21)33-15-13-29(14-16-33)19-34(26-12-11-22(30)18-23(26)29)28(35)27-24(31)9-6-10-25(27)32/h2-7,9-12,18,20H,8,13-17,19H2,1H3. The molecule has 2 aromatic rings. The van der Waals surface area contributed by atoms with Gasteiger partial charge in [0.15, 0.2) is 0 Å². The van der Waals surface area contributed by atoms with Crippen LogP contribution in [0.15, 0.2) is 72.4 Å². The third kappa shape index (κ3) is 4.60. The third-order valence-electron chi connectivity index (χ3n) is 7.71. The molecule has 2 heterocycles. The van der Waals surface area contributed by atoms with Crippen LogP contribution in [0.2, 0.25) is 5.02 Å². The van der Waals surface area contributed by atoms with Crippen LogP contribution in [-0.4, -0.2) is 36.5 Å². The molecule has 0 N–H and O–H groups in total. The average molecular weight is 495 g/mol. The fourth-order valence-electron chi connectivity index (χ4n) is 5.76. The zero-order chi connectivity index (χ0) is 24.6. The number of piperidine rings is 1. The smallest absolute Gasteiger partial charge is 0.264 e. The molecular formula is C29H29ClF2N2O. The second-order valence-electron chi connectivity index (χ2n) is 9.86. The van der Waals surface area contributed by atoms with E-state index in [2.05, 4.69) is 42.2 Å². The van der Waals surface area contributed by atoms with E-state index in [9.17, 15) is 13.6 Å². The van der Waals surface area contributed by atoms with Gasteiger partial charge in [0.2, 0.25) is 0 Å². The number of hydrogen-bond donors (Lipinski definition) is 0. The van der Waals surface area contributed by atoms with Crippen LogP contribution in [0.4, 0.5) is 14.5 Å². The van der Waals surface area contributed by atoms with Crippen LogP contribution >= 0.6 is 11.6 Å². The van der Waals surface area contributed by atoms with Gasteiger partial charge in [-0.3, -0.25) is 4.79 Å². The van der Waals surface area contributed by atoms with Crippen LogP contribution < -0.4 is 4.90 Å². The molecule has 2 aliphatic heterocycles. The third-order valence-corrected chi connectivity index (χ3v) is 7.94. The maximum absolute atomic E-state index is 14.5. The minimum atomic E-state index is -0.840. The lowest BCUT2D eigenvalue weighted by molar-refractivity contribution is 0.0958. The van der Waals surface area contributed by atoms with Crippen LogP contribution in [0.5, 0.6) is 0 Å². The molecule has 35 heavy (non-hydrogen) atoms. The van der Waals surface area contributed by atoms with E-state index in [0.717, 1.165) is 56.5 Å². The van der Waals surface area contributed by atoms with Gasteiger partial charge in [-0.05, 0) is 81.6 Å². The van der Waals surface area contributed by atoms with Gasteiger partial charge >= 0.3 is 0 Å². The summed E-state index contributed by atoms with van der Waals surface area (Å²) in [4.78, 5) is 17.4. The maximum atomic E-state index is 14.5. The lowest BCUT2D eigenvalue weighted by atomic mass is 9.74. The number of halogens is 3. The summed E-state index contributed by atoms with van der Waals surface area (Å²) < 4.78 is 28.9. The van der Waals surface area contributed by atoms with Crippen molar-refractivity contribution < 1.29 is 13.6 Å². The largest absolute Gasteiger partial charge is 0.307 e. The van der Waals surface area contributed by atoms with Gasteiger partial charge in [-0.2, -0.15) is 0 Å². The first kappa shape index (κ1) is 24.0. The second-order valence-corrected chi connectivity index (χ2v) is 10.3. The van der Waals surface area contributed by atoms with Gasteiger partial charge in [0.05, 0.1) is 0 Å². The fraction of sp³-hybridized carbons (Fsp3) is 0.345. The zero-order valence-corrected chi connectivity index (χ0v) is 20.6. The zero-order valence-electron chi connectivity index (χ0n) is 19.8. The molecule has 0 aromatic heterocycles.